The summed E-state index contributed by atoms with van der Waals surface area (Å²) in [6.45, 7) is 8.89. The largest absolute Gasteiger partial charge is 0.0654 e. The molecule has 0 aromatic carbocycles. The van der Waals surface area contributed by atoms with E-state index in [-0.39, 0.29) is 0 Å². The first kappa shape index (κ1) is 23.0. The molecule has 0 saturated carbocycles. The molecule has 0 saturated heterocycles. The van der Waals surface area contributed by atoms with Gasteiger partial charge in [-0.05, 0) is 5.92 Å². The minimum Gasteiger partial charge on any atom is -0.0654 e. The van der Waals surface area contributed by atoms with Gasteiger partial charge in [0.15, 0.2) is 0 Å². The lowest BCUT2D eigenvalue weighted by atomic mass is 9.96. The molecule has 0 aliphatic carbocycles. The summed E-state index contributed by atoms with van der Waals surface area (Å²) in [7, 11) is 0. The average molecular weight is 324 g/mol. The minimum atomic E-state index is 0.721. The molecule has 0 heteroatoms. The molecule has 0 aromatic rings. The fourth-order valence-corrected chi connectivity index (χ4v) is 3.45. The molecular formula is C23H47. The first-order valence-electron chi connectivity index (χ1n) is 11.1. The molecule has 0 heterocycles. The predicted molar refractivity (Wildman–Crippen MR) is 108 cm³/mol. The van der Waals surface area contributed by atoms with Gasteiger partial charge in [0, 0.05) is 0 Å². The van der Waals surface area contributed by atoms with Crippen LogP contribution >= 0.6 is 0 Å². The Morgan fingerprint density at radius 1 is 0.435 bits per heavy atom. The second-order valence-corrected chi connectivity index (χ2v) is 7.75. The van der Waals surface area contributed by atoms with Crippen LogP contribution in [0.2, 0.25) is 0 Å². The van der Waals surface area contributed by atoms with Gasteiger partial charge < -0.3 is 0 Å². The Hall–Kier alpha value is 0. The zero-order valence-electron chi connectivity index (χ0n) is 16.7. The molecular weight excluding hydrogens is 276 g/mol. The number of unbranched alkanes of at least 4 members (excludes halogenated alkanes) is 15. The van der Waals surface area contributed by atoms with Crippen LogP contribution < -0.4 is 0 Å². The lowest BCUT2D eigenvalue weighted by Crippen LogP contribution is -1.95. The van der Waals surface area contributed by atoms with E-state index < -0.39 is 0 Å². The van der Waals surface area contributed by atoms with Gasteiger partial charge in [-0.15, -0.1) is 0 Å². The summed E-state index contributed by atoms with van der Waals surface area (Å²) < 4.78 is 0. The maximum Gasteiger partial charge on any atom is -0.0414 e. The summed E-state index contributed by atoms with van der Waals surface area (Å²) in [4.78, 5) is 0. The third-order valence-electron chi connectivity index (χ3n) is 5.18. The van der Waals surface area contributed by atoms with Gasteiger partial charge in [0.2, 0.25) is 0 Å². The van der Waals surface area contributed by atoms with Crippen molar-refractivity contribution in [2.45, 2.75) is 136 Å². The molecule has 0 amide bonds. The molecule has 0 rings (SSSR count). The molecule has 1 unspecified atom stereocenters. The van der Waals surface area contributed by atoms with E-state index in [1.165, 1.54) is 122 Å². The molecule has 23 heavy (non-hydrogen) atoms. The molecule has 0 N–H and O–H groups in total. The maximum atomic E-state index is 4.31. The zero-order chi connectivity index (χ0) is 17.0. The fraction of sp³-hybridized carbons (Fsp3) is 0.957. The van der Waals surface area contributed by atoms with Gasteiger partial charge in [-0.1, -0.05) is 143 Å². The normalized spacial score (nSPS) is 12.7. The Bertz CT molecular complexity index is 196. The summed E-state index contributed by atoms with van der Waals surface area (Å²) in [5.41, 5.74) is 0. The van der Waals surface area contributed by atoms with E-state index in [2.05, 4.69) is 20.8 Å². The van der Waals surface area contributed by atoms with Gasteiger partial charge in [0.1, 0.15) is 0 Å². The van der Waals surface area contributed by atoms with Gasteiger partial charge in [-0.3, -0.25) is 0 Å². The van der Waals surface area contributed by atoms with Gasteiger partial charge in [-0.2, -0.15) is 0 Å². The van der Waals surface area contributed by atoms with Crippen molar-refractivity contribution >= 4 is 0 Å². The van der Waals surface area contributed by atoms with Crippen LogP contribution in [0.1, 0.15) is 136 Å². The van der Waals surface area contributed by atoms with Crippen LogP contribution in [0.25, 0.3) is 0 Å². The number of rotatable bonds is 19. The van der Waals surface area contributed by atoms with E-state index in [1.54, 1.807) is 0 Å². The summed E-state index contributed by atoms with van der Waals surface area (Å²) >= 11 is 0. The topological polar surface area (TPSA) is 0 Å². The van der Waals surface area contributed by atoms with Crippen molar-refractivity contribution in [1.82, 2.24) is 0 Å². The average Bonchev–Trinajstić information content (AvgIpc) is 2.55. The monoisotopic (exact) mass is 323 g/mol. The molecule has 0 aromatic heterocycles. The SMILES string of the molecule is [CH2]C(CCCCC)CCCCCCCCCCCCCCCC. The van der Waals surface area contributed by atoms with Crippen molar-refractivity contribution in [2.24, 2.45) is 5.92 Å². The summed E-state index contributed by atoms with van der Waals surface area (Å²) in [6, 6.07) is 0. The molecule has 0 aliphatic rings. The molecule has 0 nitrogen and oxygen atoms in total. The van der Waals surface area contributed by atoms with Crippen LogP contribution in [0.15, 0.2) is 0 Å². The fourth-order valence-electron chi connectivity index (χ4n) is 3.45. The molecule has 139 valence electrons. The van der Waals surface area contributed by atoms with E-state index >= 15 is 0 Å². The molecule has 1 atom stereocenters. The van der Waals surface area contributed by atoms with E-state index in [9.17, 15) is 0 Å². The number of hydrogen-bond donors (Lipinski definition) is 0. The summed E-state index contributed by atoms with van der Waals surface area (Å²) in [6.07, 6.45) is 27.2. The zero-order valence-corrected chi connectivity index (χ0v) is 16.7. The van der Waals surface area contributed by atoms with E-state index in [0.29, 0.717) is 0 Å². The van der Waals surface area contributed by atoms with Gasteiger partial charge in [-0.25, -0.2) is 0 Å². The number of hydrogen-bond acceptors (Lipinski definition) is 0. The molecule has 0 spiro atoms. The quantitative estimate of drug-likeness (QED) is 0.208. The van der Waals surface area contributed by atoms with Crippen molar-refractivity contribution in [1.29, 1.82) is 0 Å². The molecule has 0 aliphatic heterocycles. The highest BCUT2D eigenvalue weighted by Gasteiger charge is 2.01. The lowest BCUT2D eigenvalue weighted by Gasteiger charge is -2.10. The van der Waals surface area contributed by atoms with Crippen LogP contribution in [0.4, 0.5) is 0 Å². The van der Waals surface area contributed by atoms with Crippen LogP contribution in [-0.4, -0.2) is 0 Å². The Morgan fingerprint density at radius 2 is 0.696 bits per heavy atom. The van der Waals surface area contributed by atoms with Crippen LogP contribution in [-0.2, 0) is 0 Å². The van der Waals surface area contributed by atoms with Crippen molar-refractivity contribution in [2.75, 3.05) is 0 Å². The third kappa shape index (κ3) is 20.0. The first-order valence-corrected chi connectivity index (χ1v) is 11.1. The van der Waals surface area contributed by atoms with Crippen LogP contribution in [0, 0.1) is 12.8 Å². The van der Waals surface area contributed by atoms with Crippen molar-refractivity contribution in [3.63, 3.8) is 0 Å². The Morgan fingerprint density at radius 3 is 1.09 bits per heavy atom. The van der Waals surface area contributed by atoms with Gasteiger partial charge in [0.05, 0.1) is 0 Å². The van der Waals surface area contributed by atoms with E-state index in [1.807, 2.05) is 0 Å². The van der Waals surface area contributed by atoms with Gasteiger partial charge in [0.25, 0.3) is 0 Å². The van der Waals surface area contributed by atoms with E-state index in [0.717, 1.165) is 5.92 Å². The highest BCUT2D eigenvalue weighted by molar-refractivity contribution is 4.61. The van der Waals surface area contributed by atoms with Crippen LogP contribution in [0.3, 0.4) is 0 Å². The Labute approximate surface area is 149 Å². The van der Waals surface area contributed by atoms with Crippen molar-refractivity contribution < 1.29 is 0 Å². The maximum absolute atomic E-state index is 4.31. The molecule has 0 fully saturated rings. The van der Waals surface area contributed by atoms with Crippen molar-refractivity contribution in [3.05, 3.63) is 6.92 Å². The Kier molecular flexibility index (Phi) is 20.0. The second kappa shape index (κ2) is 20.0. The second-order valence-electron chi connectivity index (χ2n) is 7.75. The van der Waals surface area contributed by atoms with Gasteiger partial charge >= 0.3 is 0 Å². The lowest BCUT2D eigenvalue weighted by molar-refractivity contribution is 0.467. The summed E-state index contributed by atoms with van der Waals surface area (Å²) in [5, 5.41) is 0. The van der Waals surface area contributed by atoms with E-state index in [4.69, 9.17) is 0 Å². The molecule has 1 radical (unpaired) electrons. The standard InChI is InChI=1S/C23H47/c1-4-6-8-9-10-11-12-13-14-15-16-17-18-20-22-23(3)21-19-7-5-2/h23H,3-22H2,1-2H3. The van der Waals surface area contributed by atoms with Crippen LogP contribution in [0.5, 0.6) is 0 Å². The van der Waals surface area contributed by atoms with Crippen molar-refractivity contribution in [3.8, 4) is 0 Å². The molecule has 0 bridgehead atoms. The summed E-state index contributed by atoms with van der Waals surface area (Å²) in [5.74, 6) is 0.721. The third-order valence-corrected chi connectivity index (χ3v) is 5.18. The first-order chi connectivity index (χ1) is 11.3. The highest BCUT2D eigenvalue weighted by atomic mass is 14.1. The minimum absolute atomic E-state index is 0.721. The predicted octanol–water partition coefficient (Wildman–Crippen LogP) is 8.89. The highest BCUT2D eigenvalue weighted by Crippen LogP contribution is 2.18. The smallest absolute Gasteiger partial charge is 0.0414 e. The Balaban J connectivity index is 3.05.